The Morgan fingerprint density at radius 2 is 0.820 bits per heavy atom. The minimum absolute atomic E-state index is 0.634. The molecule has 0 amide bonds. The van der Waals surface area contributed by atoms with Crippen molar-refractivity contribution in [2.45, 2.75) is 6.92 Å². The third-order valence-electron chi connectivity index (χ3n) is 9.03. The van der Waals surface area contributed by atoms with Crippen LogP contribution in [0.5, 0.6) is 0 Å². The van der Waals surface area contributed by atoms with Gasteiger partial charge in [0.1, 0.15) is 0 Å². The minimum Gasteiger partial charge on any atom is -0.398 e. The highest BCUT2D eigenvalue weighted by molar-refractivity contribution is 6.05. The van der Waals surface area contributed by atoms with Crippen LogP contribution in [0, 0.1) is 0 Å². The molecule has 0 aliphatic heterocycles. The van der Waals surface area contributed by atoms with E-state index in [2.05, 4.69) is 109 Å². The van der Waals surface area contributed by atoms with E-state index in [-0.39, 0.29) is 0 Å². The van der Waals surface area contributed by atoms with Gasteiger partial charge in [0, 0.05) is 27.9 Å². The second-order valence-electron chi connectivity index (χ2n) is 12.2. The van der Waals surface area contributed by atoms with Gasteiger partial charge in [0.05, 0.1) is 0 Å². The zero-order valence-electron chi connectivity index (χ0n) is 27.7. The first-order chi connectivity index (χ1) is 24.7. The van der Waals surface area contributed by atoms with Crippen molar-refractivity contribution in [3.05, 3.63) is 175 Å². The van der Waals surface area contributed by atoms with Gasteiger partial charge in [-0.1, -0.05) is 164 Å². The maximum atomic E-state index is 6.63. The van der Waals surface area contributed by atoms with E-state index in [0.717, 1.165) is 55.8 Å². The molecule has 1 aromatic heterocycles. The number of allylic oxidation sites excluding steroid dienone is 1. The number of hydrogen-bond donors (Lipinski definition) is 1. The van der Waals surface area contributed by atoms with Gasteiger partial charge in [-0.2, -0.15) is 0 Å². The van der Waals surface area contributed by atoms with E-state index in [4.69, 9.17) is 20.7 Å². The lowest BCUT2D eigenvalue weighted by molar-refractivity contribution is 1.07. The lowest BCUT2D eigenvalue weighted by Crippen LogP contribution is -2.00. The quantitative estimate of drug-likeness (QED) is 0.176. The normalized spacial score (nSPS) is 11.3. The Bertz CT molecular complexity index is 2440. The summed E-state index contributed by atoms with van der Waals surface area (Å²) in [5, 5.41) is 2.36. The van der Waals surface area contributed by atoms with Crippen LogP contribution in [-0.2, 0) is 0 Å². The van der Waals surface area contributed by atoms with E-state index in [1.807, 2.05) is 73.7 Å². The predicted octanol–water partition coefficient (Wildman–Crippen LogP) is 11.6. The van der Waals surface area contributed by atoms with Crippen LogP contribution >= 0.6 is 0 Å². The SMILES string of the molecule is C/C=C\c1cccc(-c2cccc(-c3ccc(-c4cccc(-c5nc(-c6ccccc6)nc(-c6ccccc6)n5)c4)c4ccccc34)c2)c1N. The standard InChI is InChI=1S/C46H34N4/c1-2-14-31-19-13-26-40(43(31)47)36-22-11-20-34(29-36)38-27-28-39(42-25-10-9-24-41(38)42)35-21-12-23-37(30-35)46-49-44(32-15-5-3-6-16-32)48-45(50-46)33-17-7-4-8-18-33/h2-30H,47H2,1H3/b14-2-. The van der Waals surface area contributed by atoms with Crippen molar-refractivity contribution in [3.63, 3.8) is 0 Å². The van der Waals surface area contributed by atoms with E-state index in [9.17, 15) is 0 Å². The van der Waals surface area contributed by atoms with E-state index >= 15 is 0 Å². The number of aromatic nitrogens is 3. The van der Waals surface area contributed by atoms with Crippen LogP contribution in [0.1, 0.15) is 12.5 Å². The van der Waals surface area contributed by atoms with Crippen molar-refractivity contribution < 1.29 is 0 Å². The molecule has 1 heterocycles. The highest BCUT2D eigenvalue weighted by atomic mass is 15.0. The van der Waals surface area contributed by atoms with E-state index < -0.39 is 0 Å². The summed E-state index contributed by atoms with van der Waals surface area (Å²) in [6, 6.07) is 56.6. The van der Waals surface area contributed by atoms with Gasteiger partial charge in [0.2, 0.25) is 0 Å². The first-order valence-electron chi connectivity index (χ1n) is 16.8. The molecule has 0 aliphatic rings. The van der Waals surface area contributed by atoms with Gasteiger partial charge in [0.25, 0.3) is 0 Å². The molecule has 2 N–H and O–H groups in total. The second-order valence-corrected chi connectivity index (χ2v) is 12.2. The smallest absolute Gasteiger partial charge is 0.164 e. The molecule has 0 fully saturated rings. The van der Waals surface area contributed by atoms with Crippen LogP contribution in [0.15, 0.2) is 170 Å². The Morgan fingerprint density at radius 3 is 1.36 bits per heavy atom. The van der Waals surface area contributed by atoms with Crippen LogP contribution in [0.25, 0.3) is 84.4 Å². The lowest BCUT2D eigenvalue weighted by Gasteiger charge is -2.15. The maximum Gasteiger partial charge on any atom is 0.164 e. The molecule has 0 saturated carbocycles. The lowest BCUT2D eigenvalue weighted by atomic mass is 9.90. The van der Waals surface area contributed by atoms with E-state index in [1.165, 1.54) is 16.3 Å². The summed E-state index contributed by atoms with van der Waals surface area (Å²) in [6.45, 7) is 2.01. The average molecular weight is 643 g/mol. The van der Waals surface area contributed by atoms with Crippen molar-refractivity contribution in [1.29, 1.82) is 0 Å². The molecular weight excluding hydrogens is 609 g/mol. The monoisotopic (exact) mass is 642 g/mol. The Hall–Kier alpha value is -6.65. The summed E-state index contributed by atoms with van der Waals surface area (Å²) in [6.07, 6.45) is 4.07. The van der Waals surface area contributed by atoms with Crippen LogP contribution in [0.2, 0.25) is 0 Å². The zero-order valence-corrected chi connectivity index (χ0v) is 27.7. The number of rotatable bonds is 7. The predicted molar refractivity (Wildman–Crippen MR) is 209 cm³/mol. The third kappa shape index (κ3) is 5.95. The number of anilines is 1. The molecule has 4 heteroatoms. The fourth-order valence-corrected chi connectivity index (χ4v) is 6.58. The van der Waals surface area contributed by atoms with Gasteiger partial charge in [-0.3, -0.25) is 0 Å². The van der Waals surface area contributed by atoms with Crippen molar-refractivity contribution in [1.82, 2.24) is 15.0 Å². The van der Waals surface area contributed by atoms with E-state index in [1.54, 1.807) is 0 Å². The third-order valence-corrected chi connectivity index (χ3v) is 9.03. The molecule has 0 saturated heterocycles. The van der Waals surface area contributed by atoms with Gasteiger partial charge < -0.3 is 5.73 Å². The summed E-state index contributed by atoms with van der Waals surface area (Å²) in [5.74, 6) is 1.93. The molecule has 238 valence electrons. The van der Waals surface area contributed by atoms with Gasteiger partial charge in [-0.25, -0.2) is 15.0 Å². The Balaban J connectivity index is 1.22. The van der Waals surface area contributed by atoms with E-state index in [0.29, 0.717) is 17.5 Å². The van der Waals surface area contributed by atoms with Gasteiger partial charge in [-0.05, 0) is 63.2 Å². The number of nitrogens with zero attached hydrogens (tertiary/aromatic N) is 3. The highest BCUT2D eigenvalue weighted by Gasteiger charge is 2.15. The van der Waals surface area contributed by atoms with Gasteiger partial charge in [-0.15, -0.1) is 0 Å². The van der Waals surface area contributed by atoms with Gasteiger partial charge >= 0.3 is 0 Å². The Labute approximate surface area is 292 Å². The molecule has 0 spiro atoms. The largest absolute Gasteiger partial charge is 0.398 e. The number of nitrogen functional groups attached to an aromatic ring is 1. The molecular formula is C46H34N4. The van der Waals surface area contributed by atoms with Crippen molar-refractivity contribution in [2.24, 2.45) is 0 Å². The zero-order chi connectivity index (χ0) is 33.9. The number of benzene rings is 7. The fourth-order valence-electron chi connectivity index (χ4n) is 6.58. The second kappa shape index (κ2) is 13.5. The summed E-state index contributed by atoms with van der Waals surface area (Å²) in [4.78, 5) is 14.8. The molecule has 8 aromatic rings. The van der Waals surface area contributed by atoms with Gasteiger partial charge in [0.15, 0.2) is 17.5 Å². The molecule has 8 rings (SSSR count). The Kier molecular flexibility index (Phi) is 8.26. The highest BCUT2D eigenvalue weighted by Crippen LogP contribution is 2.39. The molecule has 0 bridgehead atoms. The minimum atomic E-state index is 0.634. The van der Waals surface area contributed by atoms with Crippen molar-refractivity contribution >= 4 is 22.5 Å². The molecule has 0 atom stereocenters. The molecule has 0 radical (unpaired) electrons. The summed E-state index contributed by atoms with van der Waals surface area (Å²) in [7, 11) is 0. The molecule has 0 aliphatic carbocycles. The number of hydrogen-bond acceptors (Lipinski definition) is 4. The summed E-state index contributed by atoms with van der Waals surface area (Å²) >= 11 is 0. The molecule has 7 aromatic carbocycles. The van der Waals surface area contributed by atoms with Crippen molar-refractivity contribution in [2.75, 3.05) is 5.73 Å². The Morgan fingerprint density at radius 1 is 0.400 bits per heavy atom. The maximum absolute atomic E-state index is 6.63. The molecule has 0 unspecified atom stereocenters. The summed E-state index contributed by atoms with van der Waals surface area (Å²) < 4.78 is 0. The van der Waals surface area contributed by atoms with Crippen LogP contribution < -0.4 is 5.73 Å². The average Bonchev–Trinajstić information content (AvgIpc) is 3.19. The first-order valence-corrected chi connectivity index (χ1v) is 16.8. The van der Waals surface area contributed by atoms with Crippen molar-refractivity contribution in [3.8, 4) is 67.5 Å². The van der Waals surface area contributed by atoms with Crippen LogP contribution in [-0.4, -0.2) is 15.0 Å². The fraction of sp³-hybridized carbons (Fsp3) is 0.0217. The van der Waals surface area contributed by atoms with Crippen LogP contribution in [0.3, 0.4) is 0 Å². The molecule has 4 nitrogen and oxygen atoms in total. The van der Waals surface area contributed by atoms with Crippen LogP contribution in [0.4, 0.5) is 5.69 Å². The summed E-state index contributed by atoms with van der Waals surface area (Å²) in [5.41, 5.74) is 17.9. The number of nitrogens with two attached hydrogens (primary N) is 1. The number of para-hydroxylation sites is 1. The topological polar surface area (TPSA) is 64.7 Å². The number of fused-ring (bicyclic) bond motifs is 1. The molecule has 50 heavy (non-hydrogen) atoms. The first kappa shape index (κ1) is 30.7.